The van der Waals surface area contributed by atoms with Crippen molar-refractivity contribution in [3.63, 3.8) is 0 Å². The van der Waals surface area contributed by atoms with Crippen LogP contribution in [0.4, 0.5) is 0 Å². The fraction of sp³-hybridized carbons (Fsp3) is 0.706. The lowest BCUT2D eigenvalue weighted by Crippen LogP contribution is -2.46. The van der Waals surface area contributed by atoms with E-state index in [-0.39, 0.29) is 6.04 Å². The molecular weight excluding hydrogens is 306 g/mol. The maximum atomic E-state index is 5.57. The molecule has 1 aliphatic heterocycles. The van der Waals surface area contributed by atoms with Crippen LogP contribution in [-0.2, 0) is 6.54 Å². The third kappa shape index (κ3) is 2.75. The molecular formula is C17H23N5O2. The summed E-state index contributed by atoms with van der Waals surface area (Å²) in [5, 5.41) is 8.20. The molecule has 128 valence electrons. The van der Waals surface area contributed by atoms with E-state index in [4.69, 9.17) is 9.05 Å². The molecule has 3 aliphatic rings. The molecule has 0 aromatic carbocycles. The zero-order valence-corrected chi connectivity index (χ0v) is 14.0. The molecule has 2 saturated carbocycles. The van der Waals surface area contributed by atoms with Crippen LogP contribution in [-0.4, -0.2) is 51.8 Å². The van der Waals surface area contributed by atoms with E-state index in [1.807, 2.05) is 6.20 Å². The van der Waals surface area contributed by atoms with E-state index in [1.165, 1.54) is 31.2 Å². The van der Waals surface area contributed by atoms with Gasteiger partial charge in [-0.3, -0.25) is 9.80 Å². The van der Waals surface area contributed by atoms with E-state index < -0.39 is 0 Å². The molecule has 2 aromatic rings. The molecule has 0 spiro atoms. The second kappa shape index (κ2) is 5.67. The van der Waals surface area contributed by atoms with Crippen molar-refractivity contribution in [2.45, 2.75) is 50.1 Å². The van der Waals surface area contributed by atoms with Crippen molar-refractivity contribution in [1.29, 1.82) is 0 Å². The van der Waals surface area contributed by atoms with Crippen molar-refractivity contribution >= 4 is 0 Å². The standard InChI is InChI=1S/C17H23N5O2/c1-21-6-7-22(9-13-8-18-23-15(13)11-2-3-11)10-14(21)17-19-16(20-24-17)12-4-5-12/h8,11-12,14H,2-7,9-10H2,1H3/t14-/m1/s1. The van der Waals surface area contributed by atoms with Crippen molar-refractivity contribution in [3.05, 3.63) is 29.2 Å². The fourth-order valence-corrected chi connectivity index (χ4v) is 3.54. The number of hydrogen-bond donors (Lipinski definition) is 0. The number of likely N-dealkylation sites (N-methyl/N-ethyl adjacent to an activating group) is 1. The molecule has 7 nitrogen and oxygen atoms in total. The molecule has 5 rings (SSSR count). The Morgan fingerprint density at radius 3 is 2.75 bits per heavy atom. The van der Waals surface area contributed by atoms with Crippen LogP contribution in [0.5, 0.6) is 0 Å². The molecule has 0 radical (unpaired) electrons. The molecule has 7 heteroatoms. The minimum Gasteiger partial charge on any atom is -0.361 e. The molecule has 3 fully saturated rings. The van der Waals surface area contributed by atoms with Gasteiger partial charge in [-0.05, 0) is 32.7 Å². The number of hydrogen-bond acceptors (Lipinski definition) is 7. The van der Waals surface area contributed by atoms with Gasteiger partial charge in [0.2, 0.25) is 5.89 Å². The normalized spacial score (nSPS) is 26.1. The highest BCUT2D eigenvalue weighted by Gasteiger charge is 2.35. The van der Waals surface area contributed by atoms with Crippen molar-refractivity contribution < 1.29 is 9.05 Å². The van der Waals surface area contributed by atoms with Crippen LogP contribution < -0.4 is 0 Å². The molecule has 2 aromatic heterocycles. The number of rotatable bonds is 5. The zero-order valence-electron chi connectivity index (χ0n) is 14.0. The average Bonchev–Trinajstić information content (AvgIpc) is 3.52. The van der Waals surface area contributed by atoms with Gasteiger partial charge in [0.25, 0.3) is 0 Å². The zero-order chi connectivity index (χ0) is 16.1. The van der Waals surface area contributed by atoms with Gasteiger partial charge in [0.05, 0.1) is 6.20 Å². The van der Waals surface area contributed by atoms with Gasteiger partial charge in [-0.1, -0.05) is 10.3 Å². The minimum atomic E-state index is 0.169. The summed E-state index contributed by atoms with van der Waals surface area (Å²) in [7, 11) is 2.14. The van der Waals surface area contributed by atoms with E-state index in [0.717, 1.165) is 43.7 Å². The van der Waals surface area contributed by atoms with E-state index in [0.29, 0.717) is 11.8 Å². The van der Waals surface area contributed by atoms with Crippen molar-refractivity contribution in [2.75, 3.05) is 26.7 Å². The van der Waals surface area contributed by atoms with Crippen LogP contribution in [0.3, 0.4) is 0 Å². The second-order valence-electron chi connectivity index (χ2n) is 7.49. The van der Waals surface area contributed by atoms with Crippen molar-refractivity contribution in [1.82, 2.24) is 25.1 Å². The van der Waals surface area contributed by atoms with Crippen LogP contribution in [0.1, 0.15) is 66.6 Å². The van der Waals surface area contributed by atoms with Crippen LogP contribution in [0.2, 0.25) is 0 Å². The highest BCUT2D eigenvalue weighted by Crippen LogP contribution is 2.42. The summed E-state index contributed by atoms with van der Waals surface area (Å²) in [5.74, 6) is 3.88. The first-order valence-corrected chi connectivity index (χ1v) is 8.97. The Morgan fingerprint density at radius 2 is 1.96 bits per heavy atom. The Bertz CT molecular complexity index is 718. The molecule has 0 unspecified atom stereocenters. The van der Waals surface area contributed by atoms with Crippen molar-refractivity contribution in [2.24, 2.45) is 0 Å². The summed E-state index contributed by atoms with van der Waals surface area (Å²) >= 11 is 0. The van der Waals surface area contributed by atoms with Gasteiger partial charge in [0.15, 0.2) is 5.82 Å². The number of aromatic nitrogens is 3. The maximum absolute atomic E-state index is 5.57. The van der Waals surface area contributed by atoms with Crippen LogP contribution >= 0.6 is 0 Å². The average molecular weight is 329 g/mol. The maximum Gasteiger partial charge on any atom is 0.245 e. The van der Waals surface area contributed by atoms with Gasteiger partial charge in [-0.15, -0.1) is 0 Å². The molecule has 0 N–H and O–H groups in total. The van der Waals surface area contributed by atoms with Gasteiger partial charge in [0.1, 0.15) is 11.8 Å². The van der Waals surface area contributed by atoms with Crippen LogP contribution in [0.15, 0.2) is 15.2 Å². The van der Waals surface area contributed by atoms with Crippen LogP contribution in [0, 0.1) is 0 Å². The lowest BCUT2D eigenvalue weighted by Gasteiger charge is -2.37. The molecule has 0 bridgehead atoms. The molecule has 24 heavy (non-hydrogen) atoms. The molecule has 2 aliphatic carbocycles. The third-order valence-corrected chi connectivity index (χ3v) is 5.44. The predicted octanol–water partition coefficient (Wildman–Crippen LogP) is 2.30. The summed E-state index contributed by atoms with van der Waals surface area (Å²) in [4.78, 5) is 9.42. The van der Waals surface area contributed by atoms with E-state index in [2.05, 4.69) is 32.1 Å². The molecule has 0 amide bonds. The van der Waals surface area contributed by atoms with Gasteiger partial charge in [0, 0.05) is 43.6 Å². The first kappa shape index (κ1) is 14.6. The quantitative estimate of drug-likeness (QED) is 0.833. The van der Waals surface area contributed by atoms with E-state index in [9.17, 15) is 0 Å². The lowest BCUT2D eigenvalue weighted by atomic mass is 10.1. The van der Waals surface area contributed by atoms with E-state index in [1.54, 1.807) is 0 Å². The van der Waals surface area contributed by atoms with Gasteiger partial charge < -0.3 is 9.05 Å². The number of piperazine rings is 1. The second-order valence-corrected chi connectivity index (χ2v) is 7.49. The Labute approximate surface area is 141 Å². The molecule has 3 heterocycles. The molecule has 1 saturated heterocycles. The van der Waals surface area contributed by atoms with Gasteiger partial charge in [-0.2, -0.15) is 4.98 Å². The van der Waals surface area contributed by atoms with Gasteiger partial charge >= 0.3 is 0 Å². The summed E-state index contributed by atoms with van der Waals surface area (Å²) in [6.07, 6.45) is 6.75. The first-order chi connectivity index (χ1) is 11.8. The highest BCUT2D eigenvalue weighted by molar-refractivity contribution is 5.21. The Morgan fingerprint density at radius 1 is 1.12 bits per heavy atom. The third-order valence-electron chi connectivity index (χ3n) is 5.44. The lowest BCUT2D eigenvalue weighted by molar-refractivity contribution is 0.0711. The van der Waals surface area contributed by atoms with Crippen LogP contribution in [0.25, 0.3) is 0 Å². The largest absolute Gasteiger partial charge is 0.361 e. The smallest absolute Gasteiger partial charge is 0.245 e. The topological polar surface area (TPSA) is 71.4 Å². The van der Waals surface area contributed by atoms with Gasteiger partial charge in [-0.25, -0.2) is 0 Å². The fourth-order valence-electron chi connectivity index (χ4n) is 3.54. The summed E-state index contributed by atoms with van der Waals surface area (Å²) < 4.78 is 11.0. The van der Waals surface area contributed by atoms with Crippen molar-refractivity contribution in [3.8, 4) is 0 Å². The Hall–Kier alpha value is -1.73. The SMILES string of the molecule is CN1CCN(Cc2cnoc2C2CC2)C[C@@H]1c1nc(C2CC2)no1. The monoisotopic (exact) mass is 329 g/mol. The Kier molecular flexibility index (Phi) is 3.45. The first-order valence-electron chi connectivity index (χ1n) is 8.97. The predicted molar refractivity (Wildman–Crippen MR) is 85.4 cm³/mol. The number of nitrogens with zero attached hydrogens (tertiary/aromatic N) is 5. The summed E-state index contributed by atoms with van der Waals surface area (Å²) in [6, 6.07) is 0.169. The van der Waals surface area contributed by atoms with E-state index >= 15 is 0 Å². The minimum absolute atomic E-state index is 0.169. The highest BCUT2D eigenvalue weighted by atomic mass is 16.5. The summed E-state index contributed by atoms with van der Waals surface area (Å²) in [5.41, 5.74) is 1.24. The molecule has 1 atom stereocenters. The summed E-state index contributed by atoms with van der Waals surface area (Å²) in [6.45, 7) is 3.82. The Balaban J connectivity index is 1.30.